The van der Waals surface area contributed by atoms with Crippen LogP contribution in [0.25, 0.3) is 0 Å². The summed E-state index contributed by atoms with van der Waals surface area (Å²) in [6.45, 7) is 1.90. The highest BCUT2D eigenvalue weighted by Crippen LogP contribution is 2.05. The fourth-order valence-electron chi connectivity index (χ4n) is 1.41. The Morgan fingerprint density at radius 3 is 3.06 bits per heavy atom. The Kier molecular flexibility index (Phi) is 3.05. The molecule has 16 heavy (non-hydrogen) atoms. The van der Waals surface area contributed by atoms with Crippen molar-refractivity contribution in [1.82, 2.24) is 10.5 Å². The molecular formula is C11H12N2O3. The third kappa shape index (κ3) is 2.50. The van der Waals surface area contributed by atoms with Gasteiger partial charge in [0.2, 0.25) is 5.76 Å². The van der Waals surface area contributed by atoms with Crippen LogP contribution in [0.2, 0.25) is 0 Å². The van der Waals surface area contributed by atoms with E-state index >= 15 is 0 Å². The Hall–Kier alpha value is -2.04. The molecule has 0 radical (unpaired) electrons. The van der Waals surface area contributed by atoms with E-state index in [9.17, 15) is 4.79 Å². The van der Waals surface area contributed by atoms with Gasteiger partial charge in [-0.05, 0) is 19.1 Å². The summed E-state index contributed by atoms with van der Waals surface area (Å²) >= 11 is 0. The zero-order valence-electron chi connectivity index (χ0n) is 8.84. The molecule has 1 atom stereocenters. The highest BCUT2D eigenvalue weighted by molar-refractivity contribution is 5.91. The van der Waals surface area contributed by atoms with E-state index in [-0.39, 0.29) is 17.7 Å². The summed E-state index contributed by atoms with van der Waals surface area (Å²) in [7, 11) is 0. The molecule has 1 N–H and O–H groups in total. The molecule has 0 aliphatic heterocycles. The summed E-state index contributed by atoms with van der Waals surface area (Å²) in [6, 6.07) is 5.19. The highest BCUT2D eigenvalue weighted by atomic mass is 16.5. The molecule has 5 nitrogen and oxygen atoms in total. The number of nitrogens with one attached hydrogen (secondary N) is 1. The maximum atomic E-state index is 11.6. The molecule has 0 fully saturated rings. The van der Waals surface area contributed by atoms with Crippen molar-refractivity contribution in [3.05, 3.63) is 42.2 Å². The van der Waals surface area contributed by atoms with Crippen LogP contribution in [0.5, 0.6) is 0 Å². The topological polar surface area (TPSA) is 68.3 Å². The molecule has 0 spiro atoms. The van der Waals surface area contributed by atoms with Crippen LogP contribution >= 0.6 is 0 Å². The van der Waals surface area contributed by atoms with E-state index in [0.717, 1.165) is 5.76 Å². The van der Waals surface area contributed by atoms with E-state index in [1.165, 1.54) is 12.3 Å². The molecule has 0 saturated heterocycles. The Morgan fingerprint density at radius 2 is 2.44 bits per heavy atom. The maximum Gasteiger partial charge on any atom is 0.290 e. The number of aromatic nitrogens is 1. The number of hydrogen-bond donors (Lipinski definition) is 1. The Balaban J connectivity index is 1.88. The third-order valence-electron chi connectivity index (χ3n) is 2.13. The lowest BCUT2D eigenvalue weighted by Gasteiger charge is -2.10. The lowest BCUT2D eigenvalue weighted by molar-refractivity contribution is 0.0902. The normalized spacial score (nSPS) is 12.3. The number of nitrogens with zero attached hydrogens (tertiary/aromatic N) is 1. The zero-order chi connectivity index (χ0) is 11.4. The Bertz CT molecular complexity index is 434. The molecule has 0 bridgehead atoms. The van der Waals surface area contributed by atoms with Crippen molar-refractivity contribution in [3.8, 4) is 0 Å². The van der Waals surface area contributed by atoms with E-state index in [1.54, 1.807) is 6.26 Å². The van der Waals surface area contributed by atoms with Crippen LogP contribution in [0.1, 0.15) is 23.2 Å². The Morgan fingerprint density at radius 1 is 1.56 bits per heavy atom. The highest BCUT2D eigenvalue weighted by Gasteiger charge is 2.13. The second-order valence-corrected chi connectivity index (χ2v) is 3.53. The van der Waals surface area contributed by atoms with Crippen molar-refractivity contribution in [2.45, 2.75) is 19.4 Å². The van der Waals surface area contributed by atoms with E-state index in [1.807, 2.05) is 19.1 Å². The van der Waals surface area contributed by atoms with Gasteiger partial charge in [-0.15, -0.1) is 0 Å². The van der Waals surface area contributed by atoms with Crippen molar-refractivity contribution in [3.63, 3.8) is 0 Å². The number of rotatable bonds is 4. The van der Waals surface area contributed by atoms with Gasteiger partial charge in [0.25, 0.3) is 5.91 Å². The fraction of sp³-hybridized carbons (Fsp3) is 0.273. The molecule has 84 valence electrons. The molecule has 5 heteroatoms. The molecule has 2 heterocycles. The van der Waals surface area contributed by atoms with Gasteiger partial charge in [-0.2, -0.15) is 0 Å². The largest absolute Gasteiger partial charge is 0.469 e. The summed E-state index contributed by atoms with van der Waals surface area (Å²) in [5.41, 5.74) is 0. The fourth-order valence-corrected chi connectivity index (χ4v) is 1.41. The molecule has 0 unspecified atom stereocenters. The molecule has 0 saturated carbocycles. The summed E-state index contributed by atoms with van der Waals surface area (Å²) in [5, 5.41) is 6.26. The first-order valence-electron chi connectivity index (χ1n) is 4.99. The van der Waals surface area contributed by atoms with Gasteiger partial charge in [0.15, 0.2) is 0 Å². The van der Waals surface area contributed by atoms with E-state index in [0.29, 0.717) is 6.42 Å². The van der Waals surface area contributed by atoms with Crippen molar-refractivity contribution < 1.29 is 13.7 Å². The predicted molar refractivity (Wildman–Crippen MR) is 55.8 cm³/mol. The van der Waals surface area contributed by atoms with Crippen molar-refractivity contribution in [2.75, 3.05) is 0 Å². The van der Waals surface area contributed by atoms with Crippen LogP contribution in [0.15, 0.2) is 39.6 Å². The van der Waals surface area contributed by atoms with Crippen molar-refractivity contribution in [1.29, 1.82) is 0 Å². The average molecular weight is 220 g/mol. The molecule has 1 amide bonds. The molecule has 2 aromatic heterocycles. The molecule has 2 aromatic rings. The maximum absolute atomic E-state index is 11.6. The van der Waals surface area contributed by atoms with Gasteiger partial charge in [-0.3, -0.25) is 4.79 Å². The SMILES string of the molecule is C[C@@H](Cc1ccco1)NC(=O)c1ccno1. The third-order valence-corrected chi connectivity index (χ3v) is 2.13. The van der Waals surface area contributed by atoms with Crippen LogP contribution in [0.3, 0.4) is 0 Å². The van der Waals surface area contributed by atoms with E-state index in [2.05, 4.69) is 10.5 Å². The van der Waals surface area contributed by atoms with Crippen LogP contribution in [-0.2, 0) is 6.42 Å². The summed E-state index contributed by atoms with van der Waals surface area (Å²) in [4.78, 5) is 11.6. The smallest absolute Gasteiger partial charge is 0.290 e. The lowest BCUT2D eigenvalue weighted by Crippen LogP contribution is -2.33. The molecule has 2 rings (SSSR count). The van der Waals surface area contributed by atoms with Crippen LogP contribution < -0.4 is 5.32 Å². The van der Waals surface area contributed by atoms with Gasteiger partial charge < -0.3 is 14.3 Å². The Labute approximate surface area is 92.4 Å². The second-order valence-electron chi connectivity index (χ2n) is 3.53. The van der Waals surface area contributed by atoms with Crippen LogP contribution in [-0.4, -0.2) is 17.1 Å². The zero-order valence-corrected chi connectivity index (χ0v) is 8.84. The summed E-state index contributed by atoms with van der Waals surface area (Å²) < 4.78 is 9.94. The first-order valence-corrected chi connectivity index (χ1v) is 4.99. The summed E-state index contributed by atoms with van der Waals surface area (Å²) in [6.07, 6.45) is 3.69. The molecule has 0 aliphatic rings. The van der Waals surface area contributed by atoms with Gasteiger partial charge >= 0.3 is 0 Å². The van der Waals surface area contributed by atoms with Crippen molar-refractivity contribution in [2.24, 2.45) is 0 Å². The average Bonchev–Trinajstić information content (AvgIpc) is 2.88. The minimum absolute atomic E-state index is 0.0243. The minimum atomic E-state index is -0.267. The summed E-state index contributed by atoms with van der Waals surface area (Å²) in [5.74, 6) is 0.785. The number of carbonyl (C=O) groups excluding carboxylic acids is 1. The first kappa shape index (κ1) is 10.5. The van der Waals surface area contributed by atoms with Crippen molar-refractivity contribution >= 4 is 5.91 Å². The number of carbonyl (C=O) groups is 1. The number of hydrogen-bond acceptors (Lipinski definition) is 4. The van der Waals surface area contributed by atoms with Crippen LogP contribution in [0.4, 0.5) is 0 Å². The van der Waals surface area contributed by atoms with Gasteiger partial charge in [-0.1, -0.05) is 5.16 Å². The monoisotopic (exact) mass is 220 g/mol. The first-order chi connectivity index (χ1) is 7.75. The lowest BCUT2D eigenvalue weighted by atomic mass is 10.2. The molecule has 0 aliphatic carbocycles. The second kappa shape index (κ2) is 4.65. The van der Waals surface area contributed by atoms with E-state index < -0.39 is 0 Å². The quantitative estimate of drug-likeness (QED) is 0.850. The van der Waals surface area contributed by atoms with Gasteiger partial charge in [0, 0.05) is 18.5 Å². The molecule has 0 aromatic carbocycles. The number of amides is 1. The number of furan rings is 1. The predicted octanol–water partition coefficient (Wildman–Crippen LogP) is 1.63. The van der Waals surface area contributed by atoms with Gasteiger partial charge in [-0.25, -0.2) is 0 Å². The molecular weight excluding hydrogens is 208 g/mol. The van der Waals surface area contributed by atoms with Gasteiger partial charge in [0.1, 0.15) is 5.76 Å². The van der Waals surface area contributed by atoms with E-state index in [4.69, 9.17) is 8.94 Å². The van der Waals surface area contributed by atoms with Crippen LogP contribution in [0, 0.1) is 0 Å². The van der Waals surface area contributed by atoms with Gasteiger partial charge in [0.05, 0.1) is 12.5 Å². The minimum Gasteiger partial charge on any atom is -0.469 e. The standard InChI is InChI=1S/C11H12N2O3/c1-8(7-9-3-2-6-15-9)13-11(14)10-4-5-12-16-10/h2-6,8H,7H2,1H3,(H,13,14)/t8-/m0/s1.